The first-order chi connectivity index (χ1) is 8.44. The second-order valence-electron chi connectivity index (χ2n) is 4.95. The van der Waals surface area contributed by atoms with Crippen molar-refractivity contribution in [2.75, 3.05) is 7.11 Å². The van der Waals surface area contributed by atoms with Crippen molar-refractivity contribution in [1.29, 1.82) is 0 Å². The molecule has 18 heavy (non-hydrogen) atoms. The van der Waals surface area contributed by atoms with Crippen molar-refractivity contribution in [3.05, 3.63) is 27.2 Å². The summed E-state index contributed by atoms with van der Waals surface area (Å²) in [5.74, 6) is -0.0391. The van der Waals surface area contributed by atoms with Crippen LogP contribution in [0.1, 0.15) is 36.0 Å². The van der Waals surface area contributed by atoms with Crippen LogP contribution >= 0.6 is 15.9 Å². The number of rotatable bonds is 3. The molecule has 0 aliphatic heterocycles. The fourth-order valence-corrected chi connectivity index (χ4v) is 2.98. The molecule has 0 heterocycles. The number of halogens is 1. The minimum atomic E-state index is -0.748. The maximum atomic E-state index is 11.6. The van der Waals surface area contributed by atoms with E-state index in [1.807, 2.05) is 19.9 Å². The Morgan fingerprint density at radius 3 is 2.44 bits per heavy atom. The molecule has 4 heteroatoms. The lowest BCUT2D eigenvalue weighted by molar-refractivity contribution is -0.147. The van der Waals surface area contributed by atoms with Crippen molar-refractivity contribution in [2.24, 2.45) is 0 Å². The maximum Gasteiger partial charge on any atom is 0.314 e. The molecule has 0 aromatic heterocycles. The molecule has 0 radical (unpaired) electrons. The Hall–Kier alpha value is -1.03. The molecule has 0 unspecified atom stereocenters. The van der Waals surface area contributed by atoms with Crippen LogP contribution < -0.4 is 4.74 Å². The van der Waals surface area contributed by atoms with Crippen LogP contribution in [0.2, 0.25) is 0 Å². The van der Waals surface area contributed by atoms with E-state index in [1.165, 1.54) is 0 Å². The lowest BCUT2D eigenvalue weighted by atomic mass is 9.63. The highest BCUT2D eigenvalue weighted by Gasteiger charge is 2.48. The number of aliphatic carboxylic acids is 1. The lowest BCUT2D eigenvalue weighted by Crippen LogP contribution is -2.42. The average molecular weight is 313 g/mol. The number of aryl methyl sites for hydroxylation is 1. The first kappa shape index (κ1) is 13.4. The summed E-state index contributed by atoms with van der Waals surface area (Å²) in [5.41, 5.74) is 2.10. The number of ether oxygens (including phenoxy) is 1. The van der Waals surface area contributed by atoms with E-state index in [4.69, 9.17) is 4.74 Å². The number of methoxy groups -OCH3 is 1. The summed E-state index contributed by atoms with van der Waals surface area (Å²) in [6, 6.07) is 1.95. The van der Waals surface area contributed by atoms with Gasteiger partial charge in [0.05, 0.1) is 12.5 Å². The number of carboxylic acid groups (broad SMARTS) is 1. The summed E-state index contributed by atoms with van der Waals surface area (Å²) < 4.78 is 6.44. The van der Waals surface area contributed by atoms with Crippen LogP contribution in [-0.4, -0.2) is 18.2 Å². The highest BCUT2D eigenvalue weighted by molar-refractivity contribution is 9.10. The van der Waals surface area contributed by atoms with Gasteiger partial charge >= 0.3 is 5.97 Å². The second-order valence-corrected chi connectivity index (χ2v) is 5.75. The Bertz CT molecular complexity index is 504. The van der Waals surface area contributed by atoms with Gasteiger partial charge in [-0.2, -0.15) is 0 Å². The van der Waals surface area contributed by atoms with Gasteiger partial charge in [0, 0.05) is 15.6 Å². The molecule has 1 aliphatic carbocycles. The molecule has 1 aliphatic rings. The number of hydrogen-bond acceptors (Lipinski definition) is 2. The maximum absolute atomic E-state index is 11.6. The van der Waals surface area contributed by atoms with E-state index in [0.29, 0.717) is 18.6 Å². The highest BCUT2D eigenvalue weighted by Crippen LogP contribution is 2.49. The van der Waals surface area contributed by atoms with Crippen LogP contribution in [-0.2, 0) is 10.2 Å². The number of carbonyl (C=O) groups is 1. The zero-order chi connectivity index (χ0) is 13.5. The molecule has 0 amide bonds. The Morgan fingerprint density at radius 2 is 2.06 bits per heavy atom. The Labute approximate surface area is 115 Å². The summed E-state index contributed by atoms with van der Waals surface area (Å²) in [7, 11) is 1.60. The smallest absolute Gasteiger partial charge is 0.314 e. The first-order valence-corrected chi connectivity index (χ1v) is 6.81. The van der Waals surface area contributed by atoms with Crippen LogP contribution in [0.15, 0.2) is 10.5 Å². The van der Waals surface area contributed by atoms with E-state index in [2.05, 4.69) is 15.9 Å². The van der Waals surface area contributed by atoms with Gasteiger partial charge in [-0.1, -0.05) is 28.4 Å². The third-order valence-electron chi connectivity index (χ3n) is 3.96. The van der Waals surface area contributed by atoms with Crippen molar-refractivity contribution in [3.63, 3.8) is 0 Å². The SMILES string of the molecule is COc1c(C2(C(=O)O)CCC2)cc(C)c(Br)c1C. The zero-order valence-corrected chi connectivity index (χ0v) is 12.4. The molecule has 1 aromatic carbocycles. The number of benzene rings is 1. The fraction of sp³-hybridized carbons (Fsp3) is 0.500. The third-order valence-corrected chi connectivity index (χ3v) is 5.18. The van der Waals surface area contributed by atoms with Crippen molar-refractivity contribution < 1.29 is 14.6 Å². The minimum absolute atomic E-state index is 0.694. The molecule has 1 fully saturated rings. The van der Waals surface area contributed by atoms with E-state index < -0.39 is 11.4 Å². The van der Waals surface area contributed by atoms with Crippen molar-refractivity contribution >= 4 is 21.9 Å². The molecule has 1 saturated carbocycles. The monoisotopic (exact) mass is 312 g/mol. The third kappa shape index (κ3) is 1.74. The summed E-state index contributed by atoms with van der Waals surface area (Å²) >= 11 is 3.52. The van der Waals surface area contributed by atoms with Crippen molar-refractivity contribution in [3.8, 4) is 5.75 Å². The summed E-state index contributed by atoms with van der Waals surface area (Å²) in [6.07, 6.45) is 2.35. The van der Waals surface area contributed by atoms with Gasteiger partial charge in [0.1, 0.15) is 5.75 Å². The predicted octanol–water partition coefficient (Wildman–Crippen LogP) is 3.58. The number of carboxylic acids is 1. The quantitative estimate of drug-likeness (QED) is 0.928. The molecule has 98 valence electrons. The van der Waals surface area contributed by atoms with Crippen molar-refractivity contribution in [2.45, 2.75) is 38.5 Å². The van der Waals surface area contributed by atoms with Gasteiger partial charge in [-0.25, -0.2) is 0 Å². The zero-order valence-electron chi connectivity index (χ0n) is 10.8. The first-order valence-electron chi connectivity index (χ1n) is 6.01. The van der Waals surface area contributed by atoms with Gasteiger partial charge in [-0.3, -0.25) is 4.79 Å². The van der Waals surface area contributed by atoms with Gasteiger partial charge in [0.25, 0.3) is 0 Å². The molecule has 1 aromatic rings. The van der Waals surface area contributed by atoms with E-state index in [1.54, 1.807) is 7.11 Å². The van der Waals surface area contributed by atoms with Gasteiger partial charge in [0.15, 0.2) is 0 Å². The molecular formula is C14H17BrO3. The Kier molecular flexibility index (Phi) is 3.41. The van der Waals surface area contributed by atoms with Crippen LogP contribution in [0.4, 0.5) is 0 Å². The molecule has 1 N–H and O–H groups in total. The molecule has 0 atom stereocenters. The molecule has 2 rings (SSSR count). The topological polar surface area (TPSA) is 46.5 Å². The largest absolute Gasteiger partial charge is 0.496 e. The van der Waals surface area contributed by atoms with Crippen LogP contribution in [0.3, 0.4) is 0 Å². The standard InChI is InChI=1S/C14H17BrO3/c1-8-7-10(12(18-3)9(2)11(8)15)14(13(16)17)5-4-6-14/h7H,4-6H2,1-3H3,(H,16,17). The van der Waals surface area contributed by atoms with E-state index in [-0.39, 0.29) is 0 Å². The number of hydrogen-bond donors (Lipinski definition) is 1. The predicted molar refractivity (Wildman–Crippen MR) is 73.3 cm³/mol. The van der Waals surface area contributed by atoms with E-state index in [0.717, 1.165) is 27.6 Å². The van der Waals surface area contributed by atoms with Crippen LogP contribution in [0.5, 0.6) is 5.75 Å². The van der Waals surface area contributed by atoms with Gasteiger partial charge < -0.3 is 9.84 Å². The van der Waals surface area contributed by atoms with Crippen molar-refractivity contribution in [1.82, 2.24) is 0 Å². The lowest BCUT2D eigenvalue weighted by Gasteiger charge is -2.39. The molecule has 0 bridgehead atoms. The van der Waals surface area contributed by atoms with Gasteiger partial charge in [-0.15, -0.1) is 0 Å². The average Bonchev–Trinajstić information content (AvgIpc) is 2.24. The molecular weight excluding hydrogens is 296 g/mol. The molecule has 0 saturated heterocycles. The molecule has 0 spiro atoms. The normalized spacial score (nSPS) is 17.1. The second kappa shape index (κ2) is 4.57. The Balaban J connectivity index is 2.67. The summed E-state index contributed by atoms with van der Waals surface area (Å²) in [5, 5.41) is 9.54. The molecule has 3 nitrogen and oxygen atoms in total. The highest BCUT2D eigenvalue weighted by atomic mass is 79.9. The Morgan fingerprint density at radius 1 is 1.44 bits per heavy atom. The minimum Gasteiger partial charge on any atom is -0.496 e. The van der Waals surface area contributed by atoms with E-state index >= 15 is 0 Å². The van der Waals surface area contributed by atoms with Crippen LogP contribution in [0, 0.1) is 13.8 Å². The van der Waals surface area contributed by atoms with Crippen LogP contribution in [0.25, 0.3) is 0 Å². The fourth-order valence-electron chi connectivity index (χ4n) is 2.69. The van der Waals surface area contributed by atoms with E-state index in [9.17, 15) is 9.90 Å². The summed E-state index contributed by atoms with van der Waals surface area (Å²) in [4.78, 5) is 11.6. The van der Waals surface area contributed by atoms with Gasteiger partial charge in [0.2, 0.25) is 0 Å². The van der Waals surface area contributed by atoms with Gasteiger partial charge in [-0.05, 0) is 32.3 Å². The summed E-state index contributed by atoms with van der Waals surface area (Å²) in [6.45, 7) is 3.93.